The van der Waals surface area contributed by atoms with Crippen molar-refractivity contribution >= 4 is 27.3 Å². The minimum absolute atomic E-state index is 0.120. The molecule has 0 spiro atoms. The molecule has 0 radical (unpaired) electrons. The molecular formula is C9H9BrF3N3O2. The zero-order chi connectivity index (χ0) is 13.9. The minimum Gasteiger partial charge on any atom is -0.373 e. The molecule has 100 valence electrons. The van der Waals surface area contributed by atoms with E-state index in [1.165, 1.54) is 0 Å². The summed E-state index contributed by atoms with van der Waals surface area (Å²) in [6, 6.07) is 1.67. The molecule has 0 saturated heterocycles. The second-order valence-corrected chi connectivity index (χ2v) is 4.31. The second-order valence-electron chi connectivity index (χ2n) is 3.45. The maximum absolute atomic E-state index is 13.2. The first-order valence-electron chi connectivity index (χ1n) is 4.72. The van der Waals surface area contributed by atoms with E-state index in [0.29, 0.717) is 0 Å². The fourth-order valence-electron chi connectivity index (χ4n) is 1.13. The van der Waals surface area contributed by atoms with Crippen LogP contribution in [0.1, 0.15) is 0 Å². The molecule has 0 fully saturated rings. The van der Waals surface area contributed by atoms with E-state index in [4.69, 9.17) is 5.73 Å². The van der Waals surface area contributed by atoms with Crippen molar-refractivity contribution in [1.29, 1.82) is 0 Å². The number of alkyl halides is 2. The van der Waals surface area contributed by atoms with Crippen LogP contribution in [0.2, 0.25) is 0 Å². The van der Waals surface area contributed by atoms with Gasteiger partial charge in [-0.15, -0.1) is 0 Å². The Morgan fingerprint density at radius 2 is 2.11 bits per heavy atom. The van der Waals surface area contributed by atoms with Gasteiger partial charge in [0, 0.05) is 12.1 Å². The molecule has 0 atom stereocenters. The van der Waals surface area contributed by atoms with Crippen LogP contribution >= 0.6 is 15.9 Å². The fraction of sp³-hybridized carbons (Fsp3) is 0.333. The maximum atomic E-state index is 13.2. The highest BCUT2D eigenvalue weighted by molar-refractivity contribution is 9.10. The monoisotopic (exact) mass is 327 g/mol. The summed E-state index contributed by atoms with van der Waals surface area (Å²) in [5.74, 6) is -4.02. The Hall–Kier alpha value is -1.35. The number of nitrogens with zero attached hydrogens (tertiary/aromatic N) is 1. The Morgan fingerprint density at radius 3 is 2.61 bits per heavy atom. The van der Waals surface area contributed by atoms with Crippen LogP contribution in [0.4, 0.5) is 24.5 Å². The highest BCUT2D eigenvalue weighted by Gasteiger charge is 2.28. The van der Waals surface area contributed by atoms with Gasteiger partial charge < -0.3 is 11.1 Å². The molecule has 0 saturated carbocycles. The van der Waals surface area contributed by atoms with Gasteiger partial charge in [-0.2, -0.15) is 0 Å². The molecule has 5 nitrogen and oxygen atoms in total. The van der Waals surface area contributed by atoms with Crippen LogP contribution in [0.5, 0.6) is 0 Å². The molecule has 0 aliphatic heterocycles. The van der Waals surface area contributed by atoms with E-state index in [1.54, 1.807) is 0 Å². The van der Waals surface area contributed by atoms with E-state index in [9.17, 15) is 23.3 Å². The lowest BCUT2D eigenvalue weighted by molar-refractivity contribution is -0.384. The van der Waals surface area contributed by atoms with Crippen molar-refractivity contribution in [1.82, 2.24) is 0 Å². The number of nitrogens with two attached hydrogens (primary N) is 1. The predicted molar refractivity (Wildman–Crippen MR) is 63.2 cm³/mol. The number of rotatable bonds is 5. The first-order chi connectivity index (χ1) is 8.26. The Morgan fingerprint density at radius 1 is 1.50 bits per heavy atom. The largest absolute Gasteiger partial charge is 0.373 e. The summed E-state index contributed by atoms with van der Waals surface area (Å²) < 4.78 is 38.9. The molecule has 0 heterocycles. The van der Waals surface area contributed by atoms with E-state index in [-0.39, 0.29) is 10.2 Å². The Balaban J connectivity index is 3.01. The van der Waals surface area contributed by atoms with E-state index in [0.717, 1.165) is 12.1 Å². The third-order valence-corrected chi connectivity index (χ3v) is 2.68. The summed E-state index contributed by atoms with van der Waals surface area (Å²) in [6.07, 6.45) is 0. The van der Waals surface area contributed by atoms with Crippen LogP contribution in [0.15, 0.2) is 16.6 Å². The highest BCUT2D eigenvalue weighted by Crippen LogP contribution is 2.31. The number of benzene rings is 1. The van der Waals surface area contributed by atoms with Crippen molar-refractivity contribution in [3.05, 3.63) is 32.5 Å². The smallest absolute Gasteiger partial charge is 0.293 e. The molecule has 3 N–H and O–H groups in total. The van der Waals surface area contributed by atoms with Crippen LogP contribution < -0.4 is 11.1 Å². The number of nitro groups is 1. The summed E-state index contributed by atoms with van der Waals surface area (Å²) in [6.45, 7) is -1.82. The summed E-state index contributed by atoms with van der Waals surface area (Å²) in [5, 5.41) is 12.8. The highest BCUT2D eigenvalue weighted by atomic mass is 79.9. The lowest BCUT2D eigenvalue weighted by atomic mass is 10.2. The number of halogens is 4. The SMILES string of the molecule is NCC(F)(F)CNc1cc(F)c(Br)cc1[N+](=O)[O-]. The average molecular weight is 328 g/mol. The van der Waals surface area contributed by atoms with Crippen LogP contribution in [0, 0.1) is 15.9 Å². The van der Waals surface area contributed by atoms with Crippen molar-refractivity contribution in [3.8, 4) is 0 Å². The minimum atomic E-state index is -3.22. The van der Waals surface area contributed by atoms with Gasteiger partial charge in [-0.05, 0) is 15.9 Å². The number of hydrogen-bond acceptors (Lipinski definition) is 4. The Bertz CT molecular complexity index is 471. The Labute approximate surface area is 108 Å². The molecule has 1 rings (SSSR count). The summed E-state index contributed by atoms with van der Waals surface area (Å²) in [5.41, 5.74) is 3.99. The first kappa shape index (κ1) is 14.7. The number of anilines is 1. The Kier molecular flexibility index (Phi) is 4.52. The summed E-state index contributed by atoms with van der Waals surface area (Å²) in [4.78, 5) is 9.89. The van der Waals surface area contributed by atoms with Crippen molar-refractivity contribution < 1.29 is 18.1 Å². The quantitative estimate of drug-likeness (QED) is 0.643. The van der Waals surface area contributed by atoms with Gasteiger partial charge in [0.1, 0.15) is 11.5 Å². The molecule has 0 aromatic heterocycles. The van der Waals surface area contributed by atoms with Crippen LogP contribution in [-0.2, 0) is 0 Å². The molecule has 0 aliphatic rings. The molecule has 18 heavy (non-hydrogen) atoms. The van der Waals surface area contributed by atoms with Gasteiger partial charge >= 0.3 is 0 Å². The zero-order valence-corrected chi connectivity index (χ0v) is 10.5. The van der Waals surface area contributed by atoms with Crippen LogP contribution in [0.3, 0.4) is 0 Å². The van der Waals surface area contributed by atoms with Gasteiger partial charge in [-0.25, -0.2) is 13.2 Å². The molecular weight excluding hydrogens is 319 g/mol. The van der Waals surface area contributed by atoms with Crippen molar-refractivity contribution in [2.24, 2.45) is 5.73 Å². The zero-order valence-electron chi connectivity index (χ0n) is 8.92. The predicted octanol–water partition coefficient (Wildman–Crippen LogP) is 2.50. The van der Waals surface area contributed by atoms with E-state index in [2.05, 4.69) is 21.2 Å². The third kappa shape index (κ3) is 3.57. The topological polar surface area (TPSA) is 81.2 Å². The average Bonchev–Trinajstić information content (AvgIpc) is 2.30. The van der Waals surface area contributed by atoms with Gasteiger partial charge in [0.05, 0.1) is 22.5 Å². The third-order valence-electron chi connectivity index (χ3n) is 2.07. The molecule has 9 heteroatoms. The van der Waals surface area contributed by atoms with Gasteiger partial charge in [0.25, 0.3) is 11.6 Å². The standard InChI is InChI=1S/C9H9BrF3N3O2/c10-5-1-8(16(17)18)7(2-6(5)11)15-4-9(12,13)3-14/h1-2,15H,3-4,14H2. The number of nitro benzene ring substituents is 1. The van der Waals surface area contributed by atoms with Gasteiger partial charge in [-0.3, -0.25) is 10.1 Å². The first-order valence-corrected chi connectivity index (χ1v) is 5.51. The molecule has 1 aromatic rings. The fourth-order valence-corrected chi connectivity index (χ4v) is 1.46. The van der Waals surface area contributed by atoms with Crippen LogP contribution in [-0.4, -0.2) is 23.9 Å². The molecule has 0 unspecified atom stereocenters. The lowest BCUT2D eigenvalue weighted by Gasteiger charge is -2.15. The van der Waals surface area contributed by atoms with E-state index in [1.807, 2.05) is 0 Å². The van der Waals surface area contributed by atoms with E-state index >= 15 is 0 Å². The van der Waals surface area contributed by atoms with Crippen molar-refractivity contribution in [2.75, 3.05) is 18.4 Å². The van der Waals surface area contributed by atoms with Gasteiger partial charge in [0.2, 0.25) is 0 Å². The molecule has 0 bridgehead atoms. The normalized spacial score (nSPS) is 11.4. The summed E-state index contributed by atoms with van der Waals surface area (Å²) in [7, 11) is 0. The lowest BCUT2D eigenvalue weighted by Crippen LogP contribution is -2.35. The molecule has 1 aromatic carbocycles. The van der Waals surface area contributed by atoms with Crippen molar-refractivity contribution in [2.45, 2.75) is 5.92 Å². The van der Waals surface area contributed by atoms with Gasteiger partial charge in [-0.1, -0.05) is 0 Å². The van der Waals surface area contributed by atoms with Crippen molar-refractivity contribution in [3.63, 3.8) is 0 Å². The molecule has 0 aliphatic carbocycles. The second kappa shape index (κ2) is 5.53. The number of hydrogen-bond donors (Lipinski definition) is 2. The maximum Gasteiger partial charge on any atom is 0.293 e. The van der Waals surface area contributed by atoms with Crippen LogP contribution in [0.25, 0.3) is 0 Å². The van der Waals surface area contributed by atoms with Gasteiger partial charge in [0.15, 0.2) is 0 Å². The summed E-state index contributed by atoms with van der Waals surface area (Å²) >= 11 is 2.78. The van der Waals surface area contributed by atoms with E-state index < -0.39 is 35.4 Å². The number of nitrogens with one attached hydrogen (secondary N) is 1. The molecule has 0 amide bonds.